The van der Waals surface area contributed by atoms with Gasteiger partial charge in [0.15, 0.2) is 0 Å². The quantitative estimate of drug-likeness (QED) is 0.172. The summed E-state index contributed by atoms with van der Waals surface area (Å²) in [7, 11) is 0. The molecule has 4 heteroatoms. The molecule has 3 aromatic heterocycles. The molecule has 0 bridgehead atoms. The number of aryl methyl sites for hydroxylation is 3. The molecule has 4 aromatic carbocycles. The van der Waals surface area contributed by atoms with Crippen molar-refractivity contribution < 1.29 is 24.5 Å². The summed E-state index contributed by atoms with van der Waals surface area (Å²) in [5.41, 5.74) is 11.5. The number of fused-ring (bicyclic) bond motifs is 3. The first-order valence-corrected chi connectivity index (χ1v) is 13.3. The van der Waals surface area contributed by atoms with E-state index in [0.29, 0.717) is 0 Å². The van der Waals surface area contributed by atoms with Crippen LogP contribution in [0.3, 0.4) is 0 Å². The van der Waals surface area contributed by atoms with Crippen LogP contribution in [0.1, 0.15) is 16.7 Å². The van der Waals surface area contributed by atoms with Gasteiger partial charge in [-0.15, -0.1) is 47.5 Å². The van der Waals surface area contributed by atoms with Crippen LogP contribution in [0.15, 0.2) is 120 Å². The Labute approximate surface area is 254 Å². The zero-order chi connectivity index (χ0) is 27.5. The van der Waals surface area contributed by atoms with E-state index in [-0.39, 0.29) is 20.1 Å². The van der Waals surface area contributed by atoms with Crippen LogP contribution in [0, 0.1) is 32.9 Å². The SMILES string of the molecule is Cc1[c-]c(-c2cc(C)ccn2)c2oc3ccc(C)cc3c2c1.[Ir].[c-]1cc(-c2ccccc2)ccc1-c1ccccn1. The average Bonchev–Trinajstić information content (AvgIpc) is 3.35. The molecule has 0 unspecified atom stereocenters. The molecule has 0 saturated carbocycles. The fourth-order valence-corrected chi connectivity index (χ4v) is 4.84. The minimum absolute atomic E-state index is 0. The third-order valence-corrected chi connectivity index (χ3v) is 6.82. The number of furan rings is 1. The van der Waals surface area contributed by atoms with Crippen molar-refractivity contribution in [2.24, 2.45) is 0 Å². The van der Waals surface area contributed by atoms with Crippen LogP contribution in [0.4, 0.5) is 0 Å². The van der Waals surface area contributed by atoms with Crippen LogP contribution in [-0.2, 0) is 20.1 Å². The Balaban J connectivity index is 0.000000164. The van der Waals surface area contributed by atoms with Crippen molar-refractivity contribution in [3.8, 4) is 33.6 Å². The molecule has 1 radical (unpaired) electrons. The number of nitrogens with zero attached hydrogens (tertiary/aromatic N) is 2. The summed E-state index contributed by atoms with van der Waals surface area (Å²) in [6, 6.07) is 41.6. The van der Waals surface area contributed by atoms with Crippen molar-refractivity contribution in [2.45, 2.75) is 20.8 Å². The fraction of sp³-hybridized carbons (Fsp3) is 0.0811. The Morgan fingerprint density at radius 2 is 1.41 bits per heavy atom. The summed E-state index contributed by atoms with van der Waals surface area (Å²) in [5, 5.41) is 2.29. The van der Waals surface area contributed by atoms with Crippen LogP contribution in [0.5, 0.6) is 0 Å². The number of hydrogen-bond acceptors (Lipinski definition) is 3. The summed E-state index contributed by atoms with van der Waals surface area (Å²) < 4.78 is 6.12. The van der Waals surface area contributed by atoms with E-state index in [1.165, 1.54) is 22.3 Å². The molecule has 0 saturated heterocycles. The molecule has 3 nitrogen and oxygen atoms in total. The zero-order valence-corrected chi connectivity index (χ0v) is 25.5. The Morgan fingerprint density at radius 1 is 0.634 bits per heavy atom. The number of benzene rings is 4. The summed E-state index contributed by atoms with van der Waals surface area (Å²) in [5.74, 6) is 0. The van der Waals surface area contributed by atoms with E-state index >= 15 is 0 Å². The summed E-state index contributed by atoms with van der Waals surface area (Å²) >= 11 is 0. The second-order valence-electron chi connectivity index (χ2n) is 9.96. The van der Waals surface area contributed by atoms with Gasteiger partial charge >= 0.3 is 0 Å². The molecule has 3 heterocycles. The second-order valence-corrected chi connectivity index (χ2v) is 9.96. The van der Waals surface area contributed by atoms with Gasteiger partial charge in [0, 0.05) is 37.9 Å². The maximum absolute atomic E-state index is 6.12. The summed E-state index contributed by atoms with van der Waals surface area (Å²) in [4.78, 5) is 8.82. The molecule has 0 atom stereocenters. The van der Waals surface area contributed by atoms with Crippen molar-refractivity contribution in [3.05, 3.63) is 144 Å². The monoisotopic (exact) mass is 709 g/mol. The minimum atomic E-state index is 0. The number of aromatic nitrogens is 2. The van der Waals surface area contributed by atoms with Gasteiger partial charge in [0.1, 0.15) is 5.58 Å². The van der Waals surface area contributed by atoms with E-state index in [0.717, 1.165) is 50.0 Å². The van der Waals surface area contributed by atoms with Gasteiger partial charge in [-0.05, 0) is 49.5 Å². The van der Waals surface area contributed by atoms with E-state index in [4.69, 9.17) is 4.42 Å². The molecule has 7 aromatic rings. The molecule has 0 aliphatic heterocycles. The van der Waals surface area contributed by atoms with Crippen LogP contribution < -0.4 is 0 Å². The van der Waals surface area contributed by atoms with E-state index in [2.05, 4.69) is 91.4 Å². The standard InChI is InChI=1S/C20H16NO.C17H12N.Ir/c1-12-4-5-19-15(8-12)16-9-14(3)10-17(20(16)22-19)18-11-13(2)6-7-21-18;1-2-6-14(7-3-1)15-9-11-16(12-10-15)17-8-4-5-13-18-17;/h4-9,11H,1-3H3;1-11,13H;/q2*-1;. The van der Waals surface area contributed by atoms with Gasteiger partial charge < -0.3 is 14.4 Å². The van der Waals surface area contributed by atoms with Gasteiger partial charge in [0.05, 0.1) is 5.58 Å². The van der Waals surface area contributed by atoms with E-state index < -0.39 is 0 Å². The second kappa shape index (κ2) is 12.4. The van der Waals surface area contributed by atoms with Gasteiger partial charge in [-0.2, -0.15) is 0 Å². The Kier molecular flexibility index (Phi) is 8.54. The van der Waals surface area contributed by atoms with Crippen molar-refractivity contribution in [3.63, 3.8) is 0 Å². The van der Waals surface area contributed by atoms with E-state index in [9.17, 15) is 0 Å². The van der Waals surface area contributed by atoms with Crippen LogP contribution >= 0.6 is 0 Å². The molecule has 0 fully saturated rings. The number of rotatable bonds is 3. The number of pyridine rings is 2. The topological polar surface area (TPSA) is 38.9 Å². The Bertz CT molecular complexity index is 1850. The molecule has 0 aliphatic rings. The third kappa shape index (κ3) is 6.20. The zero-order valence-electron chi connectivity index (χ0n) is 23.1. The first-order valence-electron chi connectivity index (χ1n) is 13.3. The van der Waals surface area contributed by atoms with Crippen molar-refractivity contribution in [2.75, 3.05) is 0 Å². The van der Waals surface area contributed by atoms with Crippen LogP contribution in [-0.4, -0.2) is 9.97 Å². The maximum atomic E-state index is 6.12. The summed E-state index contributed by atoms with van der Waals surface area (Å²) in [6.07, 6.45) is 3.63. The van der Waals surface area contributed by atoms with Gasteiger partial charge in [-0.3, -0.25) is 0 Å². The largest absolute Gasteiger partial charge is 0.501 e. The van der Waals surface area contributed by atoms with Gasteiger partial charge in [0.2, 0.25) is 0 Å². The Hall–Kier alpha value is -4.37. The van der Waals surface area contributed by atoms with Gasteiger partial charge in [-0.25, -0.2) is 0 Å². The van der Waals surface area contributed by atoms with Crippen molar-refractivity contribution in [1.29, 1.82) is 0 Å². The van der Waals surface area contributed by atoms with Crippen LogP contribution in [0.2, 0.25) is 0 Å². The fourth-order valence-electron chi connectivity index (χ4n) is 4.84. The molecule has 7 rings (SSSR count). The first kappa shape index (κ1) is 28.2. The molecule has 0 spiro atoms. The normalized spacial score (nSPS) is 10.6. The molecular formula is C37H28IrN2O-2. The predicted octanol–water partition coefficient (Wildman–Crippen LogP) is 9.59. The molecule has 0 N–H and O–H groups in total. The molecule has 203 valence electrons. The van der Waals surface area contributed by atoms with Gasteiger partial charge in [-0.1, -0.05) is 94.7 Å². The molecule has 0 amide bonds. The molecule has 0 aliphatic carbocycles. The molecule has 41 heavy (non-hydrogen) atoms. The number of hydrogen-bond donors (Lipinski definition) is 0. The van der Waals surface area contributed by atoms with E-state index in [1.807, 2.05) is 60.8 Å². The average molecular weight is 709 g/mol. The first-order chi connectivity index (χ1) is 19.5. The maximum Gasteiger partial charge on any atom is 0.120 e. The Morgan fingerprint density at radius 3 is 2.15 bits per heavy atom. The van der Waals surface area contributed by atoms with Crippen molar-refractivity contribution in [1.82, 2.24) is 9.97 Å². The van der Waals surface area contributed by atoms with Crippen LogP contribution in [0.25, 0.3) is 55.6 Å². The third-order valence-electron chi connectivity index (χ3n) is 6.82. The predicted molar refractivity (Wildman–Crippen MR) is 164 cm³/mol. The minimum Gasteiger partial charge on any atom is -0.501 e. The molecular weight excluding hydrogens is 681 g/mol. The van der Waals surface area contributed by atoms with E-state index in [1.54, 1.807) is 6.20 Å². The van der Waals surface area contributed by atoms with Gasteiger partial charge in [0.25, 0.3) is 0 Å². The van der Waals surface area contributed by atoms with Crippen molar-refractivity contribution >= 4 is 21.9 Å². The smallest absolute Gasteiger partial charge is 0.120 e. The summed E-state index contributed by atoms with van der Waals surface area (Å²) in [6.45, 7) is 6.23.